The summed E-state index contributed by atoms with van der Waals surface area (Å²) in [6.45, 7) is 1.79. The quantitative estimate of drug-likeness (QED) is 0.612. The first-order valence-electron chi connectivity index (χ1n) is 4.70. The van der Waals surface area contributed by atoms with Crippen molar-refractivity contribution in [1.82, 2.24) is 5.32 Å². The maximum atomic E-state index is 11.1. The molecule has 12 heavy (non-hydrogen) atoms. The maximum Gasteiger partial charge on any atom is 0.310 e. The molecule has 2 atom stereocenters. The minimum atomic E-state index is -0.563. The van der Waals surface area contributed by atoms with Crippen molar-refractivity contribution in [3.05, 3.63) is 0 Å². The van der Waals surface area contributed by atoms with Gasteiger partial charge in [0.1, 0.15) is 0 Å². The summed E-state index contributed by atoms with van der Waals surface area (Å²) in [7, 11) is 0. The van der Waals surface area contributed by atoms with E-state index in [9.17, 15) is 9.90 Å². The van der Waals surface area contributed by atoms with Gasteiger partial charge in [-0.15, -0.1) is 0 Å². The summed E-state index contributed by atoms with van der Waals surface area (Å²) in [5, 5.41) is 12.4. The van der Waals surface area contributed by atoms with Gasteiger partial charge < -0.3 is 10.4 Å². The molecule has 1 aliphatic heterocycles. The van der Waals surface area contributed by atoms with Gasteiger partial charge in [0.2, 0.25) is 0 Å². The fraction of sp³-hybridized carbons (Fsp3) is 0.889. The van der Waals surface area contributed by atoms with Gasteiger partial charge in [-0.25, -0.2) is 0 Å². The molecule has 3 nitrogen and oxygen atoms in total. The van der Waals surface area contributed by atoms with Crippen molar-refractivity contribution in [3.63, 3.8) is 0 Å². The molecule has 0 aromatic rings. The summed E-state index contributed by atoms with van der Waals surface area (Å²) >= 11 is 0. The Balaban J connectivity index is 2.23. The van der Waals surface area contributed by atoms with Crippen molar-refractivity contribution < 1.29 is 9.90 Å². The van der Waals surface area contributed by atoms with Gasteiger partial charge in [0, 0.05) is 0 Å². The molecule has 0 bridgehead atoms. The number of carbonyl (C=O) groups is 1. The molecule has 1 aliphatic carbocycles. The van der Waals surface area contributed by atoms with E-state index in [-0.39, 0.29) is 5.41 Å². The van der Waals surface area contributed by atoms with Crippen LogP contribution < -0.4 is 5.32 Å². The molecule has 0 radical (unpaired) electrons. The van der Waals surface area contributed by atoms with Crippen LogP contribution in [0.3, 0.4) is 0 Å². The molecule has 3 heteroatoms. The van der Waals surface area contributed by atoms with Gasteiger partial charge in [-0.1, -0.05) is 6.42 Å². The van der Waals surface area contributed by atoms with E-state index in [1.807, 2.05) is 0 Å². The lowest BCUT2D eigenvalue weighted by Gasteiger charge is -2.35. The Kier molecular flexibility index (Phi) is 1.83. The van der Waals surface area contributed by atoms with E-state index >= 15 is 0 Å². The smallest absolute Gasteiger partial charge is 0.310 e. The summed E-state index contributed by atoms with van der Waals surface area (Å²) in [5.74, 6) is -0.171. The van der Waals surface area contributed by atoms with Crippen LogP contribution in [0.25, 0.3) is 0 Å². The predicted octanol–water partition coefficient (Wildman–Crippen LogP) is 0.851. The van der Waals surface area contributed by atoms with E-state index in [1.54, 1.807) is 0 Å². The summed E-state index contributed by atoms with van der Waals surface area (Å²) in [4.78, 5) is 11.1. The Morgan fingerprint density at radius 1 is 1.50 bits per heavy atom. The maximum absolute atomic E-state index is 11.1. The van der Waals surface area contributed by atoms with Crippen LogP contribution in [0.2, 0.25) is 0 Å². The first kappa shape index (κ1) is 8.05. The minimum absolute atomic E-state index is 0.356. The lowest BCUT2D eigenvalue weighted by Crippen LogP contribution is -2.46. The first-order valence-corrected chi connectivity index (χ1v) is 4.70. The number of hydrogen-bond donors (Lipinski definition) is 2. The SMILES string of the molecule is O=C(O)C12CCCC1CNCC2. The fourth-order valence-electron chi connectivity index (χ4n) is 2.75. The van der Waals surface area contributed by atoms with Gasteiger partial charge in [-0.2, -0.15) is 0 Å². The zero-order chi connectivity index (χ0) is 8.60. The highest BCUT2D eigenvalue weighted by Crippen LogP contribution is 2.47. The monoisotopic (exact) mass is 169 g/mol. The number of carboxylic acids is 1. The van der Waals surface area contributed by atoms with Crippen LogP contribution in [0.4, 0.5) is 0 Å². The van der Waals surface area contributed by atoms with Crippen molar-refractivity contribution in [2.24, 2.45) is 11.3 Å². The van der Waals surface area contributed by atoms with Crippen LogP contribution in [0.1, 0.15) is 25.7 Å². The highest BCUT2D eigenvalue weighted by atomic mass is 16.4. The Bertz CT molecular complexity index is 205. The predicted molar refractivity (Wildman–Crippen MR) is 44.9 cm³/mol. The average molecular weight is 169 g/mol. The summed E-state index contributed by atoms with van der Waals surface area (Å²) in [5.41, 5.74) is -0.356. The molecule has 0 spiro atoms. The Morgan fingerprint density at radius 2 is 2.33 bits per heavy atom. The normalized spacial score (nSPS) is 40.8. The van der Waals surface area contributed by atoms with Crippen molar-refractivity contribution in [2.75, 3.05) is 13.1 Å². The molecule has 0 aromatic heterocycles. The Labute approximate surface area is 72.2 Å². The third-order valence-corrected chi connectivity index (χ3v) is 3.52. The van der Waals surface area contributed by atoms with Crippen molar-refractivity contribution in [2.45, 2.75) is 25.7 Å². The molecule has 2 unspecified atom stereocenters. The summed E-state index contributed by atoms with van der Waals surface area (Å²) < 4.78 is 0. The largest absolute Gasteiger partial charge is 0.481 e. The molecular weight excluding hydrogens is 154 g/mol. The van der Waals surface area contributed by atoms with Crippen LogP contribution in [-0.4, -0.2) is 24.2 Å². The van der Waals surface area contributed by atoms with Crippen LogP contribution in [-0.2, 0) is 4.79 Å². The van der Waals surface area contributed by atoms with Gasteiger partial charge >= 0.3 is 5.97 Å². The fourth-order valence-corrected chi connectivity index (χ4v) is 2.75. The molecule has 2 rings (SSSR count). The lowest BCUT2D eigenvalue weighted by molar-refractivity contribution is -0.152. The molecule has 0 aromatic carbocycles. The van der Waals surface area contributed by atoms with E-state index < -0.39 is 5.97 Å². The Morgan fingerprint density at radius 3 is 3.00 bits per heavy atom. The van der Waals surface area contributed by atoms with E-state index in [0.29, 0.717) is 5.92 Å². The molecule has 2 aliphatic rings. The van der Waals surface area contributed by atoms with Gasteiger partial charge in [0.25, 0.3) is 0 Å². The van der Waals surface area contributed by atoms with Crippen LogP contribution in [0, 0.1) is 11.3 Å². The van der Waals surface area contributed by atoms with E-state index in [2.05, 4.69) is 5.32 Å². The minimum Gasteiger partial charge on any atom is -0.481 e. The highest BCUT2D eigenvalue weighted by Gasteiger charge is 2.49. The molecule has 0 amide bonds. The second kappa shape index (κ2) is 2.73. The average Bonchev–Trinajstić information content (AvgIpc) is 2.48. The number of fused-ring (bicyclic) bond motifs is 1. The van der Waals surface area contributed by atoms with E-state index in [4.69, 9.17) is 0 Å². The molecule has 1 saturated carbocycles. The lowest BCUT2D eigenvalue weighted by atomic mass is 9.73. The first-order chi connectivity index (χ1) is 5.76. The van der Waals surface area contributed by atoms with Crippen molar-refractivity contribution >= 4 is 5.97 Å². The number of aliphatic carboxylic acids is 1. The molecule has 68 valence electrons. The number of carboxylic acid groups (broad SMARTS) is 1. The number of hydrogen-bond acceptors (Lipinski definition) is 2. The van der Waals surface area contributed by atoms with Gasteiger partial charge in [-0.3, -0.25) is 4.79 Å². The van der Waals surface area contributed by atoms with Gasteiger partial charge in [0.05, 0.1) is 5.41 Å². The van der Waals surface area contributed by atoms with E-state index in [1.165, 1.54) is 0 Å². The summed E-state index contributed by atoms with van der Waals surface area (Å²) in [6, 6.07) is 0. The standard InChI is InChI=1S/C9H15NO2/c11-8(12)9-3-1-2-7(9)6-10-5-4-9/h7,10H,1-6H2,(H,11,12). The van der Waals surface area contributed by atoms with Gasteiger partial charge in [0.15, 0.2) is 0 Å². The van der Waals surface area contributed by atoms with Crippen molar-refractivity contribution in [1.29, 1.82) is 0 Å². The second-order valence-corrected chi connectivity index (χ2v) is 4.00. The number of nitrogens with one attached hydrogen (secondary N) is 1. The van der Waals surface area contributed by atoms with Gasteiger partial charge in [-0.05, 0) is 38.3 Å². The summed E-state index contributed by atoms with van der Waals surface area (Å²) in [6.07, 6.45) is 3.92. The molecule has 2 N–H and O–H groups in total. The Hall–Kier alpha value is -0.570. The zero-order valence-electron chi connectivity index (χ0n) is 7.18. The van der Waals surface area contributed by atoms with E-state index in [0.717, 1.165) is 38.8 Å². The topological polar surface area (TPSA) is 49.3 Å². The molecule has 1 saturated heterocycles. The highest BCUT2D eigenvalue weighted by molar-refractivity contribution is 5.75. The molecular formula is C9H15NO2. The van der Waals surface area contributed by atoms with Crippen molar-refractivity contribution in [3.8, 4) is 0 Å². The van der Waals surface area contributed by atoms with Crippen LogP contribution in [0.5, 0.6) is 0 Å². The second-order valence-electron chi connectivity index (χ2n) is 4.00. The third-order valence-electron chi connectivity index (χ3n) is 3.52. The van der Waals surface area contributed by atoms with Crippen LogP contribution in [0.15, 0.2) is 0 Å². The van der Waals surface area contributed by atoms with Crippen LogP contribution >= 0.6 is 0 Å². The number of rotatable bonds is 1. The molecule has 1 heterocycles. The number of piperidine rings is 1. The third kappa shape index (κ3) is 0.959. The molecule has 2 fully saturated rings. The zero-order valence-corrected chi connectivity index (χ0v) is 7.18.